The molecule has 0 unspecified atom stereocenters. The molecule has 0 saturated heterocycles. The number of hydrogen-bond acceptors (Lipinski definition) is 4. The quantitative estimate of drug-likeness (QED) is 0.921. The molecule has 6 heteroatoms. The molecule has 0 aliphatic carbocycles. The van der Waals surface area contributed by atoms with Crippen LogP contribution < -0.4 is 0 Å². The lowest BCUT2D eigenvalue weighted by Gasteiger charge is -1.92. The van der Waals surface area contributed by atoms with Crippen molar-refractivity contribution in [1.82, 2.24) is 4.98 Å². The van der Waals surface area contributed by atoms with Crippen LogP contribution in [0.3, 0.4) is 0 Å². The van der Waals surface area contributed by atoms with Crippen molar-refractivity contribution < 1.29 is 9.90 Å². The maximum absolute atomic E-state index is 11.0. The van der Waals surface area contributed by atoms with Crippen molar-refractivity contribution >= 4 is 44.6 Å². The standard InChI is InChI=1S/C9H6BrNO2S2/c1-4-11-7(9(12)13)8(14-4)5-2-3-6(10)15-5/h2-3H,1H3,(H,12,13). The molecule has 0 aromatic carbocycles. The van der Waals surface area contributed by atoms with Crippen molar-refractivity contribution in [2.24, 2.45) is 0 Å². The van der Waals surface area contributed by atoms with Crippen molar-refractivity contribution in [2.45, 2.75) is 6.92 Å². The lowest BCUT2D eigenvalue weighted by molar-refractivity contribution is 0.0692. The zero-order valence-electron chi connectivity index (χ0n) is 7.65. The molecule has 2 aromatic rings. The van der Waals surface area contributed by atoms with Crippen LogP contribution in [0, 0.1) is 6.92 Å². The van der Waals surface area contributed by atoms with Crippen LogP contribution in [-0.2, 0) is 0 Å². The third-order valence-corrected chi connectivity index (χ3v) is 4.51. The average Bonchev–Trinajstić information content (AvgIpc) is 2.71. The van der Waals surface area contributed by atoms with Gasteiger partial charge in [-0.1, -0.05) is 0 Å². The summed E-state index contributed by atoms with van der Waals surface area (Å²) in [6, 6.07) is 3.80. The number of carboxylic acids is 1. The van der Waals surface area contributed by atoms with E-state index in [2.05, 4.69) is 20.9 Å². The second-order valence-corrected chi connectivity index (χ2v) is 6.49. The van der Waals surface area contributed by atoms with Gasteiger partial charge in [-0.25, -0.2) is 9.78 Å². The number of aromatic carboxylic acids is 1. The molecule has 0 amide bonds. The van der Waals surface area contributed by atoms with Gasteiger partial charge in [0.15, 0.2) is 5.69 Å². The number of aryl methyl sites for hydroxylation is 1. The summed E-state index contributed by atoms with van der Waals surface area (Å²) in [5.41, 5.74) is 0.145. The molecule has 3 nitrogen and oxygen atoms in total. The molecular formula is C9H6BrNO2S2. The van der Waals surface area contributed by atoms with Crippen LogP contribution in [0.15, 0.2) is 15.9 Å². The summed E-state index contributed by atoms with van der Waals surface area (Å²) >= 11 is 6.27. The monoisotopic (exact) mass is 303 g/mol. The summed E-state index contributed by atoms with van der Waals surface area (Å²) in [7, 11) is 0. The number of carboxylic acid groups (broad SMARTS) is 1. The number of rotatable bonds is 2. The maximum Gasteiger partial charge on any atom is 0.356 e. The number of halogens is 1. The van der Waals surface area contributed by atoms with Gasteiger partial charge < -0.3 is 5.11 Å². The van der Waals surface area contributed by atoms with Gasteiger partial charge in [-0.2, -0.15) is 0 Å². The summed E-state index contributed by atoms with van der Waals surface area (Å²) in [4.78, 5) is 16.6. The Morgan fingerprint density at radius 2 is 2.20 bits per heavy atom. The molecule has 2 rings (SSSR count). The fourth-order valence-corrected chi connectivity index (χ4v) is 3.58. The van der Waals surface area contributed by atoms with E-state index in [1.165, 1.54) is 22.7 Å². The summed E-state index contributed by atoms with van der Waals surface area (Å²) in [6.07, 6.45) is 0. The van der Waals surface area contributed by atoms with Gasteiger partial charge in [0.2, 0.25) is 0 Å². The molecule has 0 saturated carbocycles. The molecule has 15 heavy (non-hydrogen) atoms. The van der Waals surface area contributed by atoms with Crippen LogP contribution in [0.5, 0.6) is 0 Å². The van der Waals surface area contributed by atoms with Gasteiger partial charge >= 0.3 is 5.97 Å². The number of carbonyl (C=O) groups is 1. The normalized spacial score (nSPS) is 10.5. The first-order valence-corrected chi connectivity index (χ1v) is 6.47. The second kappa shape index (κ2) is 4.03. The largest absolute Gasteiger partial charge is 0.476 e. The van der Waals surface area contributed by atoms with Crippen LogP contribution in [0.2, 0.25) is 0 Å². The molecule has 0 bridgehead atoms. The number of thiophene rings is 1. The lowest BCUT2D eigenvalue weighted by atomic mass is 10.3. The third kappa shape index (κ3) is 2.11. The fourth-order valence-electron chi connectivity index (χ4n) is 1.18. The number of hydrogen-bond donors (Lipinski definition) is 1. The highest BCUT2D eigenvalue weighted by Gasteiger charge is 2.18. The molecule has 0 aliphatic heterocycles. The zero-order chi connectivity index (χ0) is 11.0. The van der Waals surface area contributed by atoms with Crippen molar-refractivity contribution in [3.05, 3.63) is 26.6 Å². The number of aromatic nitrogens is 1. The Kier molecular flexibility index (Phi) is 2.90. The van der Waals surface area contributed by atoms with E-state index in [1.54, 1.807) is 0 Å². The first-order valence-electron chi connectivity index (χ1n) is 4.04. The van der Waals surface area contributed by atoms with E-state index >= 15 is 0 Å². The van der Waals surface area contributed by atoms with Gasteiger partial charge in [-0.15, -0.1) is 22.7 Å². The second-order valence-electron chi connectivity index (χ2n) is 2.82. The summed E-state index contributed by atoms with van der Waals surface area (Å²) < 4.78 is 0.986. The van der Waals surface area contributed by atoms with E-state index < -0.39 is 5.97 Å². The van der Waals surface area contributed by atoms with Crippen molar-refractivity contribution in [3.63, 3.8) is 0 Å². The molecule has 1 N–H and O–H groups in total. The molecular weight excluding hydrogens is 298 g/mol. The Bertz CT molecular complexity index is 518. The average molecular weight is 304 g/mol. The minimum atomic E-state index is -0.973. The molecule has 78 valence electrons. The smallest absolute Gasteiger partial charge is 0.356 e. The Morgan fingerprint density at radius 3 is 2.73 bits per heavy atom. The van der Waals surface area contributed by atoms with E-state index in [4.69, 9.17) is 5.11 Å². The summed E-state index contributed by atoms with van der Waals surface area (Å²) in [6.45, 7) is 1.81. The van der Waals surface area contributed by atoms with E-state index in [0.29, 0.717) is 0 Å². The van der Waals surface area contributed by atoms with Gasteiger partial charge in [0, 0.05) is 4.88 Å². The first-order chi connectivity index (χ1) is 7.08. The predicted molar refractivity (Wildman–Crippen MR) is 64.8 cm³/mol. The van der Waals surface area contributed by atoms with Crippen LogP contribution in [0.25, 0.3) is 9.75 Å². The van der Waals surface area contributed by atoms with Gasteiger partial charge in [-0.3, -0.25) is 0 Å². The summed E-state index contributed by atoms with van der Waals surface area (Å²) in [5, 5.41) is 9.75. The minimum Gasteiger partial charge on any atom is -0.476 e. The van der Waals surface area contributed by atoms with Gasteiger partial charge in [0.05, 0.1) is 13.7 Å². The molecule has 0 spiro atoms. The maximum atomic E-state index is 11.0. The SMILES string of the molecule is Cc1nc(C(=O)O)c(-c2ccc(Br)s2)s1. The van der Waals surface area contributed by atoms with Crippen LogP contribution in [0.4, 0.5) is 0 Å². The topological polar surface area (TPSA) is 50.2 Å². The highest BCUT2D eigenvalue weighted by atomic mass is 79.9. The van der Waals surface area contributed by atoms with Crippen LogP contribution >= 0.6 is 38.6 Å². The Balaban J connectivity index is 2.56. The van der Waals surface area contributed by atoms with Crippen molar-refractivity contribution in [2.75, 3.05) is 0 Å². The number of nitrogens with zero attached hydrogens (tertiary/aromatic N) is 1. The highest BCUT2D eigenvalue weighted by molar-refractivity contribution is 9.11. The highest BCUT2D eigenvalue weighted by Crippen LogP contribution is 2.36. The third-order valence-electron chi connectivity index (χ3n) is 1.73. The van der Waals surface area contributed by atoms with Crippen LogP contribution in [-0.4, -0.2) is 16.1 Å². The predicted octanol–water partition coefficient (Wildman–Crippen LogP) is 3.64. The first kappa shape index (κ1) is 10.8. The van der Waals surface area contributed by atoms with E-state index in [0.717, 1.165) is 18.5 Å². The zero-order valence-corrected chi connectivity index (χ0v) is 10.9. The summed E-state index contributed by atoms with van der Waals surface area (Å²) in [5.74, 6) is -0.973. The van der Waals surface area contributed by atoms with Gasteiger partial charge in [-0.05, 0) is 35.0 Å². The Morgan fingerprint density at radius 1 is 1.47 bits per heavy atom. The van der Waals surface area contributed by atoms with Crippen molar-refractivity contribution in [3.8, 4) is 9.75 Å². The fraction of sp³-hybridized carbons (Fsp3) is 0.111. The molecule has 2 heterocycles. The lowest BCUT2D eigenvalue weighted by Crippen LogP contribution is -1.98. The minimum absolute atomic E-state index is 0.145. The van der Waals surface area contributed by atoms with Crippen molar-refractivity contribution in [1.29, 1.82) is 0 Å². The molecule has 0 radical (unpaired) electrons. The van der Waals surface area contributed by atoms with E-state index in [9.17, 15) is 4.79 Å². The Labute approximate surface area is 103 Å². The Hall–Kier alpha value is -0.720. The molecule has 0 fully saturated rings. The van der Waals surface area contributed by atoms with Gasteiger partial charge in [0.25, 0.3) is 0 Å². The van der Waals surface area contributed by atoms with E-state index in [-0.39, 0.29) is 5.69 Å². The van der Waals surface area contributed by atoms with Crippen LogP contribution in [0.1, 0.15) is 15.5 Å². The molecule has 0 aliphatic rings. The van der Waals surface area contributed by atoms with E-state index in [1.807, 2.05) is 19.1 Å². The van der Waals surface area contributed by atoms with Gasteiger partial charge in [0.1, 0.15) is 0 Å². The number of thiazole rings is 1. The molecule has 0 atom stereocenters. The molecule has 2 aromatic heterocycles.